The van der Waals surface area contributed by atoms with Crippen LogP contribution in [0.1, 0.15) is 18.1 Å². The second-order valence-corrected chi connectivity index (χ2v) is 6.39. The lowest BCUT2D eigenvalue weighted by Crippen LogP contribution is -2.19. The number of esters is 1. The number of hydrogen-bond acceptors (Lipinski definition) is 6. The van der Waals surface area contributed by atoms with Crippen LogP contribution in [0.5, 0.6) is 5.75 Å². The van der Waals surface area contributed by atoms with Gasteiger partial charge in [-0.1, -0.05) is 47.6 Å². The molecule has 0 saturated carbocycles. The number of hydrogen-bond donors (Lipinski definition) is 0. The molecule has 0 amide bonds. The van der Waals surface area contributed by atoms with Crippen molar-refractivity contribution in [3.05, 3.63) is 65.7 Å². The van der Waals surface area contributed by atoms with Gasteiger partial charge >= 0.3 is 5.97 Å². The molecule has 0 bridgehead atoms. The van der Waals surface area contributed by atoms with Crippen LogP contribution in [0.2, 0.25) is 0 Å². The van der Waals surface area contributed by atoms with E-state index in [0.717, 1.165) is 23.3 Å². The number of nitrogens with zero attached hydrogens (tertiary/aromatic N) is 1. The molecule has 0 aliphatic heterocycles. The zero-order valence-corrected chi connectivity index (χ0v) is 16.6. The maximum Gasteiger partial charge on any atom is 0.355 e. The molecule has 0 radical (unpaired) electrons. The monoisotopic (exact) mass is 385 g/mol. The van der Waals surface area contributed by atoms with Crippen LogP contribution in [0.15, 0.2) is 59.8 Å². The molecule has 1 atom stereocenters. The van der Waals surface area contributed by atoms with Crippen molar-refractivity contribution < 1.29 is 23.8 Å². The highest BCUT2D eigenvalue weighted by atomic mass is 16.6. The zero-order valence-electron chi connectivity index (χ0n) is 16.6. The van der Waals surface area contributed by atoms with Gasteiger partial charge < -0.3 is 19.0 Å². The second kappa shape index (κ2) is 11.8. The normalized spacial score (nSPS) is 12.3. The Hall–Kier alpha value is -2.86. The van der Waals surface area contributed by atoms with Crippen LogP contribution < -0.4 is 4.74 Å². The van der Waals surface area contributed by atoms with Gasteiger partial charge in [-0.15, -0.1) is 0 Å². The summed E-state index contributed by atoms with van der Waals surface area (Å²) < 4.78 is 15.8. The third-order valence-electron chi connectivity index (χ3n) is 4.12. The summed E-state index contributed by atoms with van der Waals surface area (Å²) in [5.41, 5.74) is 2.40. The Morgan fingerprint density at radius 1 is 1.00 bits per heavy atom. The fraction of sp³-hybridized carbons (Fsp3) is 0.364. The van der Waals surface area contributed by atoms with Crippen LogP contribution >= 0.6 is 0 Å². The molecule has 0 saturated heterocycles. The summed E-state index contributed by atoms with van der Waals surface area (Å²) in [6, 6.07) is 17.9. The third-order valence-corrected chi connectivity index (χ3v) is 4.12. The maximum atomic E-state index is 11.4. The molecule has 0 spiro atoms. The van der Waals surface area contributed by atoms with E-state index in [1.54, 1.807) is 14.0 Å². The minimum absolute atomic E-state index is 0.0602. The number of oxime groups is 1. The summed E-state index contributed by atoms with van der Waals surface area (Å²) in [4.78, 5) is 16.8. The van der Waals surface area contributed by atoms with E-state index in [1.165, 1.54) is 7.11 Å². The lowest BCUT2D eigenvalue weighted by Gasteiger charge is -2.17. The van der Waals surface area contributed by atoms with Gasteiger partial charge in [-0.2, -0.15) is 0 Å². The van der Waals surface area contributed by atoms with Crippen molar-refractivity contribution in [1.82, 2.24) is 0 Å². The minimum Gasteiger partial charge on any atom is -0.497 e. The van der Waals surface area contributed by atoms with Gasteiger partial charge in [0.2, 0.25) is 0 Å². The molecule has 2 rings (SSSR count). The zero-order chi connectivity index (χ0) is 20.2. The van der Waals surface area contributed by atoms with Crippen molar-refractivity contribution >= 4 is 11.7 Å². The van der Waals surface area contributed by atoms with Crippen molar-refractivity contribution in [2.45, 2.75) is 20.0 Å². The molecule has 6 heteroatoms. The SMILES string of the molecule is COC(=O)/C(C)=N/OCC(COCc1ccccc1)Cc1cccc(OC)c1. The highest BCUT2D eigenvalue weighted by Crippen LogP contribution is 2.17. The fourth-order valence-electron chi connectivity index (χ4n) is 2.64. The van der Waals surface area contributed by atoms with Crippen molar-refractivity contribution in [3.63, 3.8) is 0 Å². The lowest BCUT2D eigenvalue weighted by atomic mass is 10.0. The van der Waals surface area contributed by atoms with E-state index in [1.807, 2.05) is 54.6 Å². The average molecular weight is 385 g/mol. The first-order valence-corrected chi connectivity index (χ1v) is 9.11. The molecule has 0 aromatic heterocycles. The van der Waals surface area contributed by atoms with Gasteiger partial charge in [-0.3, -0.25) is 0 Å². The number of methoxy groups -OCH3 is 2. The molecule has 1 unspecified atom stereocenters. The topological polar surface area (TPSA) is 66.4 Å². The van der Waals surface area contributed by atoms with Crippen LogP contribution in [-0.2, 0) is 32.1 Å². The van der Waals surface area contributed by atoms with Gasteiger partial charge in [0.25, 0.3) is 0 Å². The largest absolute Gasteiger partial charge is 0.497 e. The predicted molar refractivity (Wildman–Crippen MR) is 107 cm³/mol. The molecule has 150 valence electrons. The van der Waals surface area contributed by atoms with Crippen LogP contribution in [-0.4, -0.2) is 39.1 Å². The van der Waals surface area contributed by atoms with Crippen molar-refractivity contribution in [2.75, 3.05) is 27.4 Å². The van der Waals surface area contributed by atoms with E-state index in [4.69, 9.17) is 14.3 Å². The fourth-order valence-corrected chi connectivity index (χ4v) is 2.64. The minimum atomic E-state index is -0.510. The summed E-state index contributed by atoms with van der Waals surface area (Å²) in [6.07, 6.45) is 0.735. The van der Waals surface area contributed by atoms with Crippen LogP contribution in [0.25, 0.3) is 0 Å². The Bertz CT molecular complexity index is 761. The van der Waals surface area contributed by atoms with Crippen LogP contribution in [0, 0.1) is 5.92 Å². The standard InChI is InChI=1S/C22H27NO5/c1-17(22(24)26-3)23-28-16-20(12-19-10-7-11-21(13-19)25-2)15-27-14-18-8-5-4-6-9-18/h4-11,13,20H,12,14-16H2,1-3H3/b23-17+. The summed E-state index contributed by atoms with van der Waals surface area (Å²) in [5.74, 6) is 0.358. The average Bonchev–Trinajstić information content (AvgIpc) is 2.73. The van der Waals surface area contributed by atoms with E-state index < -0.39 is 5.97 Å². The molecule has 0 fully saturated rings. The highest BCUT2D eigenvalue weighted by molar-refractivity contribution is 6.35. The summed E-state index contributed by atoms with van der Waals surface area (Å²) >= 11 is 0. The first-order chi connectivity index (χ1) is 13.6. The van der Waals surface area contributed by atoms with Crippen molar-refractivity contribution in [2.24, 2.45) is 11.1 Å². The van der Waals surface area contributed by atoms with Crippen LogP contribution in [0.4, 0.5) is 0 Å². The molecular formula is C22H27NO5. The Morgan fingerprint density at radius 2 is 1.75 bits per heavy atom. The van der Waals surface area contributed by atoms with Gasteiger partial charge in [0, 0.05) is 5.92 Å². The molecule has 0 N–H and O–H groups in total. The summed E-state index contributed by atoms with van der Waals surface area (Å²) in [7, 11) is 2.96. The Kier molecular flexibility index (Phi) is 9.01. The molecule has 0 aliphatic carbocycles. The predicted octanol–water partition coefficient (Wildman–Crippen LogP) is 3.64. The number of benzene rings is 2. The van der Waals surface area contributed by atoms with Crippen molar-refractivity contribution in [3.8, 4) is 5.75 Å². The number of carbonyl (C=O) groups excluding carboxylic acids is 1. The van der Waals surface area contributed by atoms with E-state index in [0.29, 0.717) is 19.8 Å². The van der Waals surface area contributed by atoms with E-state index in [2.05, 4.69) is 9.89 Å². The van der Waals surface area contributed by atoms with Crippen LogP contribution in [0.3, 0.4) is 0 Å². The van der Waals surface area contributed by atoms with Crippen molar-refractivity contribution in [1.29, 1.82) is 0 Å². The van der Waals surface area contributed by atoms with Gasteiger partial charge in [0.05, 0.1) is 27.4 Å². The Balaban J connectivity index is 1.96. The number of ether oxygens (including phenoxy) is 3. The third kappa shape index (κ3) is 7.40. The quantitative estimate of drug-likeness (QED) is 0.336. The molecule has 0 heterocycles. The van der Waals surface area contributed by atoms with Gasteiger partial charge in [-0.25, -0.2) is 4.79 Å². The first-order valence-electron chi connectivity index (χ1n) is 9.11. The smallest absolute Gasteiger partial charge is 0.355 e. The van der Waals surface area contributed by atoms with Gasteiger partial charge in [0.1, 0.15) is 12.4 Å². The lowest BCUT2D eigenvalue weighted by molar-refractivity contribution is -0.133. The molecule has 2 aromatic rings. The Morgan fingerprint density at radius 3 is 2.46 bits per heavy atom. The number of rotatable bonds is 11. The first kappa shape index (κ1) is 21.4. The van der Waals surface area contributed by atoms with Gasteiger partial charge in [0.15, 0.2) is 5.71 Å². The second-order valence-electron chi connectivity index (χ2n) is 6.39. The molecule has 0 aliphatic rings. The molecule has 2 aromatic carbocycles. The molecule has 6 nitrogen and oxygen atoms in total. The summed E-state index contributed by atoms with van der Waals surface area (Å²) in [6.45, 7) is 2.90. The Labute approximate surface area is 166 Å². The summed E-state index contributed by atoms with van der Waals surface area (Å²) in [5, 5.41) is 3.84. The van der Waals surface area contributed by atoms with E-state index in [9.17, 15) is 4.79 Å². The van der Waals surface area contributed by atoms with Gasteiger partial charge in [-0.05, 0) is 36.6 Å². The number of carbonyl (C=O) groups is 1. The van der Waals surface area contributed by atoms with E-state index >= 15 is 0 Å². The van der Waals surface area contributed by atoms with E-state index in [-0.39, 0.29) is 11.6 Å². The molecular weight excluding hydrogens is 358 g/mol. The maximum absolute atomic E-state index is 11.4. The molecule has 28 heavy (non-hydrogen) atoms. The highest BCUT2D eigenvalue weighted by Gasteiger charge is 2.13.